The van der Waals surface area contributed by atoms with Crippen molar-refractivity contribution in [2.24, 2.45) is 0 Å². The van der Waals surface area contributed by atoms with E-state index in [9.17, 15) is 4.79 Å². The summed E-state index contributed by atoms with van der Waals surface area (Å²) in [4.78, 5) is 12.5. The Morgan fingerprint density at radius 2 is 1.86 bits per heavy atom. The molecule has 0 amide bonds. The molecule has 0 saturated carbocycles. The van der Waals surface area contributed by atoms with Crippen molar-refractivity contribution in [3.05, 3.63) is 53.8 Å². The first kappa shape index (κ1) is 16.0. The van der Waals surface area contributed by atoms with Gasteiger partial charge in [0.15, 0.2) is 5.78 Å². The summed E-state index contributed by atoms with van der Waals surface area (Å²) < 4.78 is 0. The average molecular weight is 299 g/mol. The third kappa shape index (κ3) is 4.04. The van der Waals surface area contributed by atoms with E-state index >= 15 is 0 Å². The number of rotatable bonds is 5. The zero-order chi connectivity index (χ0) is 15.3. The van der Waals surface area contributed by atoms with Crippen LogP contribution in [0, 0.1) is 0 Å². The molecule has 0 aromatic heterocycles. The highest BCUT2D eigenvalue weighted by Gasteiger charge is 2.28. The van der Waals surface area contributed by atoms with Gasteiger partial charge >= 0.3 is 0 Å². The molecule has 0 spiro atoms. The highest BCUT2D eigenvalue weighted by molar-refractivity contribution is 6.95. The fraction of sp³-hybridized carbons (Fsp3) is 0.421. The predicted octanol–water partition coefficient (Wildman–Crippen LogP) is 4.55. The summed E-state index contributed by atoms with van der Waals surface area (Å²) in [5.74, 6) is 0.304. The SMILES string of the molecule is C=C(CC(=O)C1=CCCCCC1)[Si](C)(C)c1ccccc1. The van der Waals surface area contributed by atoms with Gasteiger partial charge in [-0.15, -0.1) is 6.58 Å². The van der Waals surface area contributed by atoms with Crippen LogP contribution in [0.1, 0.15) is 38.5 Å². The Kier molecular flexibility index (Phi) is 5.35. The van der Waals surface area contributed by atoms with Crippen molar-refractivity contribution in [2.45, 2.75) is 51.6 Å². The standard InChI is InChI=1S/C19H26OSi/c1-16(21(2,3)18-13-9-6-10-14-18)15-19(20)17-11-7-4-5-8-12-17/h6,9-11,13-14H,1,4-5,7-8,12,15H2,2-3H3. The van der Waals surface area contributed by atoms with Crippen LogP contribution in [0.4, 0.5) is 0 Å². The van der Waals surface area contributed by atoms with Crippen LogP contribution >= 0.6 is 0 Å². The van der Waals surface area contributed by atoms with E-state index in [1.807, 2.05) is 6.07 Å². The van der Waals surface area contributed by atoms with Crippen LogP contribution in [0.25, 0.3) is 0 Å². The van der Waals surface area contributed by atoms with Crippen LogP contribution < -0.4 is 5.19 Å². The van der Waals surface area contributed by atoms with Crippen LogP contribution in [0.15, 0.2) is 53.8 Å². The summed E-state index contributed by atoms with van der Waals surface area (Å²) in [6.07, 6.45) is 8.34. The summed E-state index contributed by atoms with van der Waals surface area (Å²) in [7, 11) is -1.76. The highest BCUT2D eigenvalue weighted by atomic mass is 28.3. The Balaban J connectivity index is 2.06. The Labute approximate surface area is 129 Å². The van der Waals surface area contributed by atoms with Gasteiger partial charge in [0, 0.05) is 6.42 Å². The number of Topliss-reactive ketones (excluding diaryl/α,β-unsaturated/α-hetero) is 1. The average Bonchev–Trinajstić information content (AvgIpc) is 2.77. The molecule has 21 heavy (non-hydrogen) atoms. The van der Waals surface area contributed by atoms with E-state index < -0.39 is 8.07 Å². The summed E-state index contributed by atoms with van der Waals surface area (Å²) in [5.41, 5.74) is 1.05. The number of ketones is 1. The topological polar surface area (TPSA) is 17.1 Å². The number of carbonyl (C=O) groups excluding carboxylic acids is 1. The molecule has 1 aliphatic carbocycles. The molecule has 0 radical (unpaired) electrons. The van der Waals surface area contributed by atoms with Gasteiger partial charge in [0.05, 0.1) is 0 Å². The minimum atomic E-state index is -1.76. The highest BCUT2D eigenvalue weighted by Crippen LogP contribution is 2.23. The summed E-state index contributed by atoms with van der Waals surface area (Å²) in [6, 6.07) is 10.5. The lowest BCUT2D eigenvalue weighted by Gasteiger charge is -2.25. The molecule has 112 valence electrons. The predicted molar refractivity (Wildman–Crippen MR) is 93.5 cm³/mol. The van der Waals surface area contributed by atoms with Crippen molar-refractivity contribution >= 4 is 19.0 Å². The zero-order valence-corrected chi connectivity index (χ0v) is 14.3. The van der Waals surface area contributed by atoms with Crippen LogP contribution in [-0.2, 0) is 4.79 Å². The Morgan fingerprint density at radius 3 is 2.57 bits per heavy atom. The molecule has 2 rings (SSSR count). The van der Waals surface area contributed by atoms with Gasteiger partial charge in [0.25, 0.3) is 0 Å². The molecule has 0 aliphatic heterocycles. The van der Waals surface area contributed by atoms with E-state index in [-0.39, 0.29) is 0 Å². The van der Waals surface area contributed by atoms with Crippen molar-refractivity contribution < 1.29 is 4.79 Å². The van der Waals surface area contributed by atoms with Gasteiger partial charge in [-0.05, 0) is 31.3 Å². The third-order valence-electron chi connectivity index (χ3n) is 4.65. The van der Waals surface area contributed by atoms with E-state index in [2.05, 4.69) is 50.0 Å². The van der Waals surface area contributed by atoms with Crippen molar-refractivity contribution in [3.8, 4) is 0 Å². The van der Waals surface area contributed by atoms with E-state index in [1.165, 1.54) is 18.0 Å². The number of benzene rings is 1. The lowest BCUT2D eigenvalue weighted by atomic mass is 10.0. The second kappa shape index (κ2) is 7.03. The summed E-state index contributed by atoms with van der Waals surface area (Å²) in [6.45, 7) is 8.86. The Hall–Kier alpha value is -1.41. The van der Waals surface area contributed by atoms with Crippen molar-refractivity contribution in [2.75, 3.05) is 0 Å². The lowest BCUT2D eigenvalue weighted by Crippen LogP contribution is -2.44. The quantitative estimate of drug-likeness (QED) is 0.729. The molecule has 0 atom stereocenters. The molecule has 0 saturated heterocycles. The van der Waals surface area contributed by atoms with E-state index in [4.69, 9.17) is 0 Å². The van der Waals surface area contributed by atoms with Gasteiger partial charge < -0.3 is 0 Å². The fourth-order valence-electron chi connectivity index (χ4n) is 2.86. The largest absolute Gasteiger partial charge is 0.294 e. The van der Waals surface area contributed by atoms with Gasteiger partial charge in [-0.1, -0.05) is 66.3 Å². The third-order valence-corrected chi connectivity index (χ3v) is 8.37. The maximum atomic E-state index is 12.5. The molecule has 0 fully saturated rings. The smallest absolute Gasteiger partial charge is 0.162 e. The number of allylic oxidation sites excluding steroid dienone is 3. The van der Waals surface area contributed by atoms with Gasteiger partial charge in [-0.3, -0.25) is 4.79 Å². The fourth-order valence-corrected chi connectivity index (χ4v) is 4.89. The molecular formula is C19H26OSi. The Morgan fingerprint density at radius 1 is 1.14 bits per heavy atom. The molecule has 1 aliphatic rings. The lowest BCUT2D eigenvalue weighted by molar-refractivity contribution is -0.115. The molecular weight excluding hydrogens is 272 g/mol. The molecule has 0 unspecified atom stereocenters. The van der Waals surface area contributed by atoms with Crippen LogP contribution in [0.5, 0.6) is 0 Å². The number of hydrogen-bond acceptors (Lipinski definition) is 1. The van der Waals surface area contributed by atoms with Crippen molar-refractivity contribution in [1.29, 1.82) is 0 Å². The zero-order valence-electron chi connectivity index (χ0n) is 13.3. The van der Waals surface area contributed by atoms with E-state index in [0.717, 1.165) is 30.0 Å². The normalized spacial score (nSPS) is 16.0. The van der Waals surface area contributed by atoms with Gasteiger partial charge in [-0.2, -0.15) is 0 Å². The second-order valence-corrected chi connectivity index (χ2v) is 11.1. The first-order valence-electron chi connectivity index (χ1n) is 7.98. The van der Waals surface area contributed by atoms with E-state index in [0.29, 0.717) is 12.2 Å². The monoisotopic (exact) mass is 298 g/mol. The maximum Gasteiger partial charge on any atom is 0.162 e. The van der Waals surface area contributed by atoms with Crippen molar-refractivity contribution in [3.63, 3.8) is 0 Å². The number of carbonyl (C=O) groups is 1. The molecule has 0 bridgehead atoms. The van der Waals surface area contributed by atoms with Gasteiger partial charge in [0.2, 0.25) is 0 Å². The Bertz CT molecular complexity index is 540. The maximum absolute atomic E-state index is 12.5. The number of hydrogen-bond donors (Lipinski definition) is 0. The van der Waals surface area contributed by atoms with Crippen LogP contribution in [0.2, 0.25) is 13.1 Å². The minimum Gasteiger partial charge on any atom is -0.294 e. The van der Waals surface area contributed by atoms with Gasteiger partial charge in [-0.25, -0.2) is 0 Å². The first-order chi connectivity index (χ1) is 10.0. The van der Waals surface area contributed by atoms with Crippen LogP contribution in [-0.4, -0.2) is 13.9 Å². The van der Waals surface area contributed by atoms with Gasteiger partial charge in [0.1, 0.15) is 8.07 Å². The molecule has 1 nitrogen and oxygen atoms in total. The molecule has 0 N–H and O–H groups in total. The molecule has 2 heteroatoms. The van der Waals surface area contributed by atoms with Crippen molar-refractivity contribution in [1.82, 2.24) is 0 Å². The summed E-state index contributed by atoms with van der Waals surface area (Å²) in [5, 5.41) is 2.50. The molecule has 1 aromatic rings. The first-order valence-corrected chi connectivity index (χ1v) is 11.0. The molecule has 1 aromatic carbocycles. The second-order valence-electron chi connectivity index (χ2n) is 6.52. The van der Waals surface area contributed by atoms with E-state index in [1.54, 1.807) is 0 Å². The minimum absolute atomic E-state index is 0.304. The summed E-state index contributed by atoms with van der Waals surface area (Å²) >= 11 is 0. The molecule has 0 heterocycles. The van der Waals surface area contributed by atoms with Crippen LogP contribution in [0.3, 0.4) is 0 Å².